The lowest BCUT2D eigenvalue weighted by molar-refractivity contribution is -0.920. The average molecular weight is 381 g/mol. The fourth-order valence-electron chi connectivity index (χ4n) is 3.37. The van der Waals surface area contributed by atoms with Crippen molar-refractivity contribution in [3.63, 3.8) is 0 Å². The van der Waals surface area contributed by atoms with Crippen molar-refractivity contribution in [3.8, 4) is 0 Å². The molecular formula is C17H17Cl2FN5+. The van der Waals surface area contributed by atoms with Crippen molar-refractivity contribution in [2.75, 3.05) is 13.1 Å². The molecule has 1 saturated heterocycles. The van der Waals surface area contributed by atoms with Gasteiger partial charge in [0.05, 0.1) is 23.7 Å². The van der Waals surface area contributed by atoms with E-state index in [0.717, 1.165) is 25.9 Å². The topological polar surface area (TPSA) is 40.3 Å². The third-order valence-electron chi connectivity index (χ3n) is 4.85. The minimum atomic E-state index is -0.443. The predicted octanol–water partition coefficient (Wildman–Crippen LogP) is 4.25. The number of benzene rings is 1. The lowest BCUT2D eigenvalue weighted by Gasteiger charge is -2.39. The Hall–Kier alpha value is -1.60. The van der Waals surface area contributed by atoms with Crippen LogP contribution in [0.25, 0.3) is 5.57 Å². The zero-order valence-electron chi connectivity index (χ0n) is 13.7. The van der Waals surface area contributed by atoms with Gasteiger partial charge in [-0.2, -0.15) is 9.98 Å². The zero-order chi connectivity index (χ0) is 17.6. The maximum absolute atomic E-state index is 14.4. The molecule has 0 bridgehead atoms. The molecule has 0 saturated carbocycles. The predicted molar refractivity (Wildman–Crippen MR) is 98.8 cm³/mol. The van der Waals surface area contributed by atoms with E-state index in [2.05, 4.69) is 27.0 Å². The van der Waals surface area contributed by atoms with Crippen molar-refractivity contribution in [3.05, 3.63) is 40.8 Å². The molecule has 0 amide bonds. The van der Waals surface area contributed by atoms with Crippen molar-refractivity contribution in [1.82, 2.24) is 5.01 Å². The molecule has 0 N–H and O–H groups in total. The quantitative estimate of drug-likeness (QED) is 0.707. The molecule has 0 aromatic heterocycles. The summed E-state index contributed by atoms with van der Waals surface area (Å²) in [7, 11) is 0. The van der Waals surface area contributed by atoms with Crippen LogP contribution in [0.2, 0.25) is 5.02 Å². The average Bonchev–Trinajstić information content (AvgIpc) is 2.99. The van der Waals surface area contributed by atoms with E-state index in [1.54, 1.807) is 18.3 Å². The van der Waals surface area contributed by atoms with E-state index in [0.29, 0.717) is 17.5 Å². The van der Waals surface area contributed by atoms with E-state index in [9.17, 15) is 4.39 Å². The Bertz CT molecular complexity index is 819. The van der Waals surface area contributed by atoms with Crippen LogP contribution in [-0.4, -0.2) is 40.3 Å². The Kier molecular flexibility index (Phi) is 4.24. The molecule has 1 aromatic carbocycles. The summed E-state index contributed by atoms with van der Waals surface area (Å²) < 4.78 is 14.4. The molecule has 25 heavy (non-hydrogen) atoms. The Balaban J connectivity index is 1.83. The first kappa shape index (κ1) is 16.8. The Morgan fingerprint density at radius 3 is 2.72 bits per heavy atom. The van der Waals surface area contributed by atoms with Crippen LogP contribution < -0.4 is 0 Å². The van der Waals surface area contributed by atoms with Crippen LogP contribution in [0, 0.1) is 11.7 Å². The van der Waals surface area contributed by atoms with Crippen LogP contribution in [0.5, 0.6) is 0 Å². The summed E-state index contributed by atoms with van der Waals surface area (Å²) in [6, 6.07) is 4.55. The number of fused-ring (bicyclic) bond motifs is 1. The summed E-state index contributed by atoms with van der Waals surface area (Å²) >= 11 is 12.6. The van der Waals surface area contributed by atoms with E-state index in [1.807, 2.05) is 0 Å². The molecule has 1 atom stereocenters. The molecule has 0 radical (unpaired) electrons. The number of aliphatic imine (C=N–C) groups is 2. The number of guanidine groups is 1. The summed E-state index contributed by atoms with van der Waals surface area (Å²) in [5, 5.41) is 7.15. The highest BCUT2D eigenvalue weighted by Crippen LogP contribution is 2.37. The van der Waals surface area contributed by atoms with Crippen molar-refractivity contribution < 1.29 is 9.09 Å². The van der Waals surface area contributed by atoms with Crippen LogP contribution in [0.3, 0.4) is 0 Å². The van der Waals surface area contributed by atoms with E-state index < -0.39 is 5.82 Å². The first-order chi connectivity index (χ1) is 12.0. The summed E-state index contributed by atoms with van der Waals surface area (Å²) in [5.41, 5.74) is 0.670. The molecule has 1 fully saturated rings. The second kappa shape index (κ2) is 6.29. The van der Waals surface area contributed by atoms with Crippen LogP contribution in [0.4, 0.5) is 4.39 Å². The van der Waals surface area contributed by atoms with Gasteiger partial charge in [0.1, 0.15) is 5.82 Å². The van der Waals surface area contributed by atoms with Crippen LogP contribution in [-0.2, 0) is 0 Å². The lowest BCUT2D eigenvalue weighted by atomic mass is 10.0. The number of nitrogens with zero attached hydrogens (tertiary/aromatic N) is 5. The molecule has 1 unspecified atom stereocenters. The number of halogens is 3. The standard InChI is InChI=1S/C17H17Cl2FN5/c1-11-5-7-24(8-6-11)25-9-12(15-13(18)3-2-4-14(15)20)16(19)23-17(25)21-10-22-25/h2-4,9-11H,5-8H2,1H3/q+1. The SMILES string of the molecule is CC1CCN([N+]23C=C(c4c(F)cccc4Cl)C(Cl)=NC2=NC=N3)CC1. The summed E-state index contributed by atoms with van der Waals surface area (Å²) in [5.74, 6) is 0.694. The molecule has 1 aromatic rings. The van der Waals surface area contributed by atoms with E-state index in [-0.39, 0.29) is 20.5 Å². The number of rotatable bonds is 2. The minimum Gasteiger partial charge on any atom is -0.206 e. The Morgan fingerprint density at radius 2 is 2.00 bits per heavy atom. The molecule has 0 spiro atoms. The monoisotopic (exact) mass is 380 g/mol. The first-order valence-electron chi connectivity index (χ1n) is 8.19. The number of hydrogen-bond acceptors (Lipinski definition) is 4. The van der Waals surface area contributed by atoms with Gasteiger partial charge < -0.3 is 0 Å². The molecule has 3 aliphatic rings. The second-order valence-corrected chi connectivity index (χ2v) is 7.25. The fraction of sp³-hybridized carbons (Fsp3) is 0.353. The highest BCUT2D eigenvalue weighted by atomic mass is 35.5. The summed E-state index contributed by atoms with van der Waals surface area (Å²) in [6.45, 7) is 3.93. The van der Waals surface area contributed by atoms with Gasteiger partial charge in [0.15, 0.2) is 17.7 Å². The van der Waals surface area contributed by atoms with Gasteiger partial charge in [-0.3, -0.25) is 0 Å². The van der Waals surface area contributed by atoms with Crippen molar-refractivity contribution in [2.45, 2.75) is 19.8 Å². The van der Waals surface area contributed by atoms with E-state index in [4.69, 9.17) is 23.2 Å². The summed E-state index contributed by atoms with van der Waals surface area (Å²) in [6.07, 6.45) is 5.38. The van der Waals surface area contributed by atoms with Gasteiger partial charge >= 0.3 is 5.96 Å². The van der Waals surface area contributed by atoms with Gasteiger partial charge in [-0.1, -0.05) is 36.2 Å². The molecule has 3 heterocycles. The highest BCUT2D eigenvalue weighted by molar-refractivity contribution is 6.77. The van der Waals surface area contributed by atoms with E-state index in [1.165, 1.54) is 12.4 Å². The van der Waals surface area contributed by atoms with Gasteiger partial charge in [-0.05, 0) is 40.7 Å². The van der Waals surface area contributed by atoms with Crippen molar-refractivity contribution >= 4 is 46.2 Å². The van der Waals surface area contributed by atoms with Gasteiger partial charge in [-0.15, -0.1) is 5.01 Å². The smallest absolute Gasteiger partial charge is 0.206 e. The molecule has 4 rings (SSSR count). The minimum absolute atomic E-state index is 0.0110. The Morgan fingerprint density at radius 1 is 1.24 bits per heavy atom. The molecule has 8 heteroatoms. The second-order valence-electron chi connectivity index (χ2n) is 6.49. The molecule has 130 valence electrons. The number of piperidine rings is 1. The molecule has 3 aliphatic heterocycles. The largest absolute Gasteiger partial charge is 0.384 e. The third-order valence-corrected chi connectivity index (χ3v) is 5.45. The van der Waals surface area contributed by atoms with Crippen LogP contribution >= 0.6 is 23.2 Å². The highest BCUT2D eigenvalue weighted by Gasteiger charge is 2.49. The van der Waals surface area contributed by atoms with Gasteiger partial charge in [0.25, 0.3) is 0 Å². The molecule has 5 nitrogen and oxygen atoms in total. The van der Waals surface area contributed by atoms with Crippen molar-refractivity contribution in [2.24, 2.45) is 21.0 Å². The van der Waals surface area contributed by atoms with Gasteiger partial charge in [0.2, 0.25) is 0 Å². The molecular weight excluding hydrogens is 364 g/mol. The van der Waals surface area contributed by atoms with Gasteiger partial charge in [-0.25, -0.2) is 4.39 Å². The number of hydrogen-bond donors (Lipinski definition) is 0. The van der Waals surface area contributed by atoms with Gasteiger partial charge in [0, 0.05) is 5.56 Å². The Labute approximate surface area is 155 Å². The molecule has 0 aliphatic carbocycles. The lowest BCUT2D eigenvalue weighted by Crippen LogP contribution is -2.58. The maximum atomic E-state index is 14.4. The zero-order valence-corrected chi connectivity index (χ0v) is 15.2. The first-order valence-corrected chi connectivity index (χ1v) is 8.95. The third kappa shape index (κ3) is 2.73. The van der Waals surface area contributed by atoms with Crippen molar-refractivity contribution in [1.29, 1.82) is 0 Å². The number of allylic oxidation sites excluding steroid dienone is 1. The van der Waals surface area contributed by atoms with E-state index >= 15 is 0 Å². The summed E-state index contributed by atoms with van der Waals surface area (Å²) in [4.78, 5) is 8.65. The normalized spacial score (nSPS) is 27.0. The number of quaternary nitrogens is 1. The fourth-order valence-corrected chi connectivity index (χ4v) is 3.86. The van der Waals surface area contributed by atoms with Crippen LogP contribution in [0.1, 0.15) is 25.3 Å². The van der Waals surface area contributed by atoms with Crippen LogP contribution in [0.15, 0.2) is 39.5 Å². The maximum Gasteiger partial charge on any atom is 0.384 e.